The van der Waals surface area contributed by atoms with Gasteiger partial charge in [0.15, 0.2) is 9.84 Å². The molecular formula is C15H17NO2S. The molecule has 3 nitrogen and oxygen atoms in total. The molecule has 2 aromatic carbocycles. The van der Waals surface area contributed by atoms with Crippen LogP contribution in [-0.2, 0) is 9.84 Å². The molecule has 0 aromatic heterocycles. The summed E-state index contributed by atoms with van der Waals surface area (Å²) in [7, 11) is -3.19. The third-order valence-electron chi connectivity index (χ3n) is 3.75. The highest BCUT2D eigenvalue weighted by molar-refractivity contribution is 7.91. The van der Waals surface area contributed by atoms with Crippen LogP contribution in [0.15, 0.2) is 41.3 Å². The highest BCUT2D eigenvalue weighted by Crippen LogP contribution is 2.32. The van der Waals surface area contributed by atoms with Crippen molar-refractivity contribution >= 4 is 20.6 Å². The quantitative estimate of drug-likeness (QED) is 0.916. The van der Waals surface area contributed by atoms with Gasteiger partial charge in [-0.3, -0.25) is 0 Å². The second kappa shape index (κ2) is 4.62. The number of hydrogen-bond donors (Lipinski definition) is 1. The molecule has 1 aliphatic rings. The maximum absolute atomic E-state index is 11.9. The molecule has 1 heterocycles. The van der Waals surface area contributed by atoms with Crippen LogP contribution in [0.25, 0.3) is 10.8 Å². The van der Waals surface area contributed by atoms with Gasteiger partial charge in [-0.25, -0.2) is 8.42 Å². The molecule has 0 radical (unpaired) electrons. The predicted molar refractivity (Wildman–Crippen MR) is 77.0 cm³/mol. The van der Waals surface area contributed by atoms with Crippen molar-refractivity contribution in [2.75, 3.05) is 12.8 Å². The first-order valence-electron chi connectivity index (χ1n) is 6.52. The van der Waals surface area contributed by atoms with E-state index in [1.165, 1.54) is 18.2 Å². The van der Waals surface area contributed by atoms with Crippen molar-refractivity contribution in [1.29, 1.82) is 0 Å². The van der Waals surface area contributed by atoms with E-state index in [0.29, 0.717) is 10.9 Å². The lowest BCUT2D eigenvalue weighted by molar-refractivity contribution is 0.602. The molecule has 2 aromatic rings. The van der Waals surface area contributed by atoms with Gasteiger partial charge in [0.05, 0.1) is 4.90 Å². The lowest BCUT2D eigenvalue weighted by atomic mass is 9.98. The maximum atomic E-state index is 11.9. The predicted octanol–water partition coefficient (Wildman–Crippen LogP) is 2.67. The lowest BCUT2D eigenvalue weighted by Gasteiger charge is -2.15. The molecule has 3 rings (SSSR count). The van der Waals surface area contributed by atoms with Gasteiger partial charge in [0.25, 0.3) is 0 Å². The Morgan fingerprint density at radius 1 is 1.11 bits per heavy atom. The van der Waals surface area contributed by atoms with E-state index in [9.17, 15) is 8.42 Å². The fourth-order valence-electron chi connectivity index (χ4n) is 2.87. The molecule has 100 valence electrons. The minimum absolute atomic E-state index is 0.346. The Balaban J connectivity index is 2.27. The van der Waals surface area contributed by atoms with Crippen LogP contribution in [0.1, 0.15) is 24.4 Å². The first-order chi connectivity index (χ1) is 9.07. The molecule has 0 amide bonds. The number of sulfone groups is 1. The van der Waals surface area contributed by atoms with E-state index in [1.54, 1.807) is 6.07 Å². The number of rotatable bonds is 2. The highest BCUT2D eigenvalue weighted by Gasteiger charge is 2.20. The summed E-state index contributed by atoms with van der Waals surface area (Å²) in [6.07, 6.45) is 3.55. The normalized spacial score (nSPS) is 19.9. The van der Waals surface area contributed by atoms with Crippen molar-refractivity contribution in [2.24, 2.45) is 0 Å². The van der Waals surface area contributed by atoms with Crippen molar-refractivity contribution in [3.63, 3.8) is 0 Å². The first-order valence-corrected chi connectivity index (χ1v) is 8.41. The second-order valence-electron chi connectivity index (χ2n) is 5.12. The Labute approximate surface area is 113 Å². The molecule has 1 aliphatic heterocycles. The molecule has 1 N–H and O–H groups in total. The van der Waals surface area contributed by atoms with Crippen LogP contribution < -0.4 is 5.32 Å². The molecule has 0 bridgehead atoms. The lowest BCUT2D eigenvalue weighted by Crippen LogP contribution is -2.13. The number of nitrogens with one attached hydrogen (secondary N) is 1. The van der Waals surface area contributed by atoms with Gasteiger partial charge in [0, 0.05) is 17.7 Å². The maximum Gasteiger partial charge on any atom is 0.176 e. The molecule has 19 heavy (non-hydrogen) atoms. The molecule has 0 spiro atoms. The summed E-state index contributed by atoms with van der Waals surface area (Å²) in [6, 6.07) is 11.8. The summed E-state index contributed by atoms with van der Waals surface area (Å²) in [6.45, 7) is 1.03. The van der Waals surface area contributed by atoms with E-state index in [0.717, 1.165) is 23.7 Å². The minimum atomic E-state index is -3.19. The average Bonchev–Trinajstić information content (AvgIpc) is 2.90. The second-order valence-corrected chi connectivity index (χ2v) is 7.10. The van der Waals surface area contributed by atoms with Gasteiger partial charge in [0.1, 0.15) is 0 Å². The van der Waals surface area contributed by atoms with E-state index < -0.39 is 9.84 Å². The summed E-state index contributed by atoms with van der Waals surface area (Å²) < 4.78 is 23.7. The van der Waals surface area contributed by atoms with Gasteiger partial charge < -0.3 is 5.32 Å². The van der Waals surface area contributed by atoms with Crippen LogP contribution >= 0.6 is 0 Å². The van der Waals surface area contributed by atoms with E-state index in [1.807, 2.05) is 30.3 Å². The van der Waals surface area contributed by atoms with Gasteiger partial charge in [-0.05, 0) is 36.4 Å². The smallest absolute Gasteiger partial charge is 0.176 e. The Morgan fingerprint density at radius 2 is 1.84 bits per heavy atom. The van der Waals surface area contributed by atoms with Crippen molar-refractivity contribution < 1.29 is 8.42 Å². The summed E-state index contributed by atoms with van der Waals surface area (Å²) >= 11 is 0. The summed E-state index contributed by atoms with van der Waals surface area (Å²) in [4.78, 5) is 0.421. The standard InChI is InChI=1S/C15H17NO2S/c1-19(17,18)15-9-8-12(14-7-4-10-16-14)11-5-2-3-6-13(11)15/h2-3,5-6,8-9,14,16H,4,7,10H2,1H3. The monoisotopic (exact) mass is 275 g/mol. The number of hydrogen-bond acceptors (Lipinski definition) is 3. The third-order valence-corrected chi connectivity index (χ3v) is 4.91. The molecule has 0 saturated carbocycles. The topological polar surface area (TPSA) is 46.2 Å². The van der Waals surface area contributed by atoms with Crippen LogP contribution in [0.3, 0.4) is 0 Å². The van der Waals surface area contributed by atoms with Crippen LogP contribution in [0.2, 0.25) is 0 Å². The summed E-state index contributed by atoms with van der Waals surface area (Å²) in [5.74, 6) is 0. The van der Waals surface area contributed by atoms with E-state index >= 15 is 0 Å². The zero-order valence-corrected chi connectivity index (χ0v) is 11.7. The molecule has 1 saturated heterocycles. The minimum Gasteiger partial charge on any atom is -0.310 e. The third kappa shape index (κ3) is 2.26. The Morgan fingerprint density at radius 3 is 2.47 bits per heavy atom. The van der Waals surface area contributed by atoms with Gasteiger partial charge in [-0.1, -0.05) is 30.3 Å². The fraction of sp³-hybridized carbons (Fsp3) is 0.333. The van der Waals surface area contributed by atoms with Gasteiger partial charge in [-0.2, -0.15) is 0 Å². The van der Waals surface area contributed by atoms with Crippen molar-refractivity contribution in [1.82, 2.24) is 5.32 Å². The van der Waals surface area contributed by atoms with Crippen LogP contribution in [0, 0.1) is 0 Å². The number of fused-ring (bicyclic) bond motifs is 1. The molecule has 4 heteroatoms. The first kappa shape index (κ1) is 12.6. The molecule has 1 unspecified atom stereocenters. The zero-order chi connectivity index (χ0) is 13.5. The molecular weight excluding hydrogens is 258 g/mol. The van der Waals surface area contributed by atoms with Gasteiger partial charge in [0.2, 0.25) is 0 Å². The number of benzene rings is 2. The molecule has 1 atom stereocenters. The largest absolute Gasteiger partial charge is 0.310 e. The van der Waals surface area contributed by atoms with Crippen LogP contribution in [-0.4, -0.2) is 21.2 Å². The fourth-order valence-corrected chi connectivity index (χ4v) is 3.76. The van der Waals surface area contributed by atoms with Gasteiger partial charge in [-0.15, -0.1) is 0 Å². The van der Waals surface area contributed by atoms with Gasteiger partial charge >= 0.3 is 0 Å². The SMILES string of the molecule is CS(=O)(=O)c1ccc(C2CCCN2)c2ccccc12. The van der Waals surface area contributed by atoms with E-state index in [4.69, 9.17) is 0 Å². The van der Waals surface area contributed by atoms with E-state index in [2.05, 4.69) is 5.32 Å². The highest BCUT2D eigenvalue weighted by atomic mass is 32.2. The molecule has 0 aliphatic carbocycles. The summed E-state index contributed by atoms with van der Waals surface area (Å²) in [5, 5.41) is 5.35. The summed E-state index contributed by atoms with van der Waals surface area (Å²) in [5.41, 5.74) is 1.21. The average molecular weight is 275 g/mol. The Bertz CT molecular complexity index is 716. The van der Waals surface area contributed by atoms with Crippen molar-refractivity contribution in [2.45, 2.75) is 23.8 Å². The van der Waals surface area contributed by atoms with Crippen molar-refractivity contribution in [3.8, 4) is 0 Å². The van der Waals surface area contributed by atoms with Crippen LogP contribution in [0.4, 0.5) is 0 Å². The van der Waals surface area contributed by atoms with Crippen LogP contribution in [0.5, 0.6) is 0 Å². The van der Waals surface area contributed by atoms with Crippen molar-refractivity contribution in [3.05, 3.63) is 42.0 Å². The zero-order valence-electron chi connectivity index (χ0n) is 10.9. The molecule has 1 fully saturated rings. The Hall–Kier alpha value is -1.39. The van der Waals surface area contributed by atoms with E-state index in [-0.39, 0.29) is 0 Å². The Kier molecular flexibility index (Phi) is 3.07.